The molecule has 0 radical (unpaired) electrons. The number of nitrogens with zero attached hydrogens (tertiary/aromatic N) is 2. The lowest BCUT2D eigenvalue weighted by atomic mass is 9.95. The molecule has 1 aromatic carbocycles. The fraction of sp³-hybridized carbons (Fsp3) is 0.524. The van der Waals surface area contributed by atoms with Crippen LogP contribution in [0.15, 0.2) is 29.5 Å². The van der Waals surface area contributed by atoms with Gasteiger partial charge in [-0.1, -0.05) is 0 Å². The maximum absolute atomic E-state index is 12.8. The van der Waals surface area contributed by atoms with Gasteiger partial charge in [0.2, 0.25) is 0 Å². The van der Waals surface area contributed by atoms with Crippen molar-refractivity contribution >= 4 is 11.7 Å². The molecule has 3 aliphatic rings. The first-order chi connectivity index (χ1) is 13.5. The van der Waals surface area contributed by atoms with Crippen molar-refractivity contribution < 1.29 is 9.53 Å². The van der Waals surface area contributed by atoms with Crippen molar-refractivity contribution in [1.29, 1.82) is 5.41 Å². The van der Waals surface area contributed by atoms with E-state index in [2.05, 4.69) is 17.3 Å². The first-order valence-corrected chi connectivity index (χ1v) is 10.1. The number of carbonyl (C=O) groups excluding carboxylic acids is 1. The summed E-state index contributed by atoms with van der Waals surface area (Å²) in [5.74, 6) is 0.904. The maximum Gasteiger partial charge on any atom is 0.317 e. The smallest absolute Gasteiger partial charge is 0.317 e. The quantitative estimate of drug-likeness (QED) is 0.693. The van der Waals surface area contributed by atoms with Gasteiger partial charge < -0.3 is 25.6 Å². The van der Waals surface area contributed by atoms with Crippen LogP contribution in [-0.4, -0.2) is 67.4 Å². The molecule has 0 aromatic heterocycles. The van der Waals surface area contributed by atoms with E-state index in [1.165, 1.54) is 0 Å². The Morgan fingerprint density at radius 2 is 2.04 bits per heavy atom. The number of nitrogens with two attached hydrogens (primary N) is 1. The number of urea groups is 1. The molecule has 4 rings (SSSR count). The van der Waals surface area contributed by atoms with Crippen molar-refractivity contribution in [1.82, 2.24) is 15.1 Å². The first kappa shape index (κ1) is 18.8. The standard InChI is InChI=1S/C21H29N5O2/c1-25-8-4-16(5-9-25)24-21(27)26-10-6-18(22)17(13-26)20(23)15-2-3-19-14(12-15)7-11-28-19/h2-3,12,16,23H,4-11,13,22H2,1H3,(H,24,27). The summed E-state index contributed by atoms with van der Waals surface area (Å²) in [5.41, 5.74) is 10.1. The molecule has 0 atom stereocenters. The lowest BCUT2D eigenvalue weighted by Crippen LogP contribution is -2.50. The minimum absolute atomic E-state index is 0.0466. The SMILES string of the molecule is CN1CCC(NC(=O)N2CCC(N)=C(C(=N)c3ccc4c(c3)CCO4)C2)CC1. The molecular weight excluding hydrogens is 354 g/mol. The van der Waals surface area contributed by atoms with Gasteiger partial charge in [-0.25, -0.2) is 4.79 Å². The van der Waals surface area contributed by atoms with E-state index in [-0.39, 0.29) is 12.1 Å². The van der Waals surface area contributed by atoms with E-state index in [4.69, 9.17) is 15.9 Å². The fourth-order valence-electron chi connectivity index (χ4n) is 4.13. The zero-order valence-corrected chi connectivity index (χ0v) is 16.5. The van der Waals surface area contributed by atoms with E-state index in [0.717, 1.165) is 54.8 Å². The van der Waals surface area contributed by atoms with Gasteiger partial charge in [0.05, 0.1) is 18.9 Å². The molecule has 4 N–H and O–H groups in total. The summed E-state index contributed by atoms with van der Waals surface area (Å²) in [4.78, 5) is 16.8. The van der Waals surface area contributed by atoms with Gasteiger partial charge in [0.15, 0.2) is 0 Å². The van der Waals surface area contributed by atoms with Gasteiger partial charge in [-0.2, -0.15) is 0 Å². The molecule has 28 heavy (non-hydrogen) atoms. The van der Waals surface area contributed by atoms with Crippen LogP contribution in [0.3, 0.4) is 0 Å². The number of nitrogens with one attached hydrogen (secondary N) is 2. The highest BCUT2D eigenvalue weighted by Gasteiger charge is 2.27. The molecule has 2 amide bonds. The van der Waals surface area contributed by atoms with Gasteiger partial charge in [-0.05, 0) is 56.7 Å². The maximum atomic E-state index is 12.8. The molecule has 1 aromatic rings. The topological polar surface area (TPSA) is 94.7 Å². The van der Waals surface area contributed by atoms with E-state index in [1.54, 1.807) is 4.90 Å². The molecule has 1 saturated heterocycles. The Labute approximate surface area is 166 Å². The average Bonchev–Trinajstić information content (AvgIpc) is 3.17. The van der Waals surface area contributed by atoms with Gasteiger partial charge in [0.1, 0.15) is 5.75 Å². The summed E-state index contributed by atoms with van der Waals surface area (Å²) in [6.07, 6.45) is 3.44. The van der Waals surface area contributed by atoms with E-state index < -0.39 is 0 Å². The van der Waals surface area contributed by atoms with Gasteiger partial charge in [-0.3, -0.25) is 5.41 Å². The van der Waals surface area contributed by atoms with Crippen LogP contribution in [0.4, 0.5) is 4.79 Å². The van der Waals surface area contributed by atoms with Crippen LogP contribution < -0.4 is 15.8 Å². The van der Waals surface area contributed by atoms with Crippen molar-refractivity contribution in [3.05, 3.63) is 40.6 Å². The Hall–Kier alpha value is -2.54. The van der Waals surface area contributed by atoms with Crippen molar-refractivity contribution in [3.8, 4) is 5.75 Å². The van der Waals surface area contributed by atoms with Crippen molar-refractivity contribution in [2.45, 2.75) is 31.7 Å². The first-order valence-electron chi connectivity index (χ1n) is 10.1. The molecule has 1 fully saturated rings. The zero-order chi connectivity index (χ0) is 19.7. The summed E-state index contributed by atoms with van der Waals surface area (Å²) in [7, 11) is 2.11. The van der Waals surface area contributed by atoms with E-state index in [1.807, 2.05) is 18.2 Å². The van der Waals surface area contributed by atoms with Crippen LogP contribution in [0, 0.1) is 5.41 Å². The number of ether oxygens (including phenoxy) is 1. The van der Waals surface area contributed by atoms with Gasteiger partial charge in [0.25, 0.3) is 0 Å². The largest absolute Gasteiger partial charge is 0.493 e. The molecule has 3 aliphatic heterocycles. The molecule has 0 saturated carbocycles. The fourth-order valence-corrected chi connectivity index (χ4v) is 4.13. The second-order valence-corrected chi connectivity index (χ2v) is 8.00. The number of amides is 2. The highest BCUT2D eigenvalue weighted by Crippen LogP contribution is 2.28. The Bertz CT molecular complexity index is 811. The van der Waals surface area contributed by atoms with Gasteiger partial charge in [-0.15, -0.1) is 0 Å². The number of likely N-dealkylation sites (tertiary alicyclic amines) is 1. The molecule has 150 valence electrons. The second kappa shape index (κ2) is 7.83. The Balaban J connectivity index is 1.43. The number of piperidine rings is 1. The van der Waals surface area contributed by atoms with Crippen molar-refractivity contribution in [2.75, 3.05) is 39.8 Å². The number of benzene rings is 1. The van der Waals surface area contributed by atoms with Crippen molar-refractivity contribution in [2.24, 2.45) is 5.73 Å². The minimum Gasteiger partial charge on any atom is -0.493 e. The third-order valence-corrected chi connectivity index (χ3v) is 6.00. The summed E-state index contributed by atoms with van der Waals surface area (Å²) in [6, 6.07) is 6.03. The van der Waals surface area contributed by atoms with Crippen LogP contribution in [0.25, 0.3) is 0 Å². The lowest BCUT2D eigenvalue weighted by Gasteiger charge is -2.34. The monoisotopic (exact) mass is 383 g/mol. The number of carbonyl (C=O) groups is 1. The van der Waals surface area contributed by atoms with E-state index in [9.17, 15) is 4.79 Å². The van der Waals surface area contributed by atoms with Crippen LogP contribution in [-0.2, 0) is 6.42 Å². The highest BCUT2D eigenvalue weighted by atomic mass is 16.5. The van der Waals surface area contributed by atoms with Gasteiger partial charge in [0, 0.05) is 42.3 Å². The molecule has 0 spiro atoms. The predicted octanol–water partition coefficient (Wildman–Crippen LogP) is 1.71. The summed E-state index contributed by atoms with van der Waals surface area (Å²) < 4.78 is 5.56. The number of hydrogen-bond acceptors (Lipinski definition) is 5. The summed E-state index contributed by atoms with van der Waals surface area (Å²) in [5, 5.41) is 11.8. The average molecular weight is 383 g/mol. The number of hydrogen-bond donors (Lipinski definition) is 3. The normalized spacial score (nSPS) is 20.7. The lowest BCUT2D eigenvalue weighted by molar-refractivity contribution is 0.183. The minimum atomic E-state index is -0.0466. The second-order valence-electron chi connectivity index (χ2n) is 8.00. The molecule has 7 nitrogen and oxygen atoms in total. The summed E-state index contributed by atoms with van der Waals surface area (Å²) >= 11 is 0. The molecular formula is C21H29N5O2. The van der Waals surface area contributed by atoms with Crippen LogP contribution in [0.2, 0.25) is 0 Å². The van der Waals surface area contributed by atoms with E-state index >= 15 is 0 Å². The van der Waals surface area contributed by atoms with E-state index in [0.29, 0.717) is 37.5 Å². The summed E-state index contributed by atoms with van der Waals surface area (Å²) in [6.45, 7) is 3.70. The highest BCUT2D eigenvalue weighted by molar-refractivity contribution is 6.11. The number of rotatable bonds is 3. The van der Waals surface area contributed by atoms with Crippen LogP contribution >= 0.6 is 0 Å². The Kier molecular flexibility index (Phi) is 5.26. The molecule has 3 heterocycles. The van der Waals surface area contributed by atoms with Crippen molar-refractivity contribution in [3.63, 3.8) is 0 Å². The zero-order valence-electron chi connectivity index (χ0n) is 16.5. The third-order valence-electron chi connectivity index (χ3n) is 6.00. The predicted molar refractivity (Wildman–Crippen MR) is 109 cm³/mol. The number of fused-ring (bicyclic) bond motifs is 1. The molecule has 7 heteroatoms. The van der Waals surface area contributed by atoms with Crippen LogP contribution in [0.1, 0.15) is 30.4 Å². The van der Waals surface area contributed by atoms with Gasteiger partial charge >= 0.3 is 6.03 Å². The van der Waals surface area contributed by atoms with Crippen LogP contribution in [0.5, 0.6) is 5.75 Å². The molecule has 0 bridgehead atoms. The molecule has 0 aliphatic carbocycles. The Morgan fingerprint density at radius 3 is 2.82 bits per heavy atom. The molecule has 0 unspecified atom stereocenters. The third kappa shape index (κ3) is 3.85. The Morgan fingerprint density at radius 1 is 1.25 bits per heavy atom.